The molecule has 0 saturated carbocycles. The highest BCUT2D eigenvalue weighted by Gasteiger charge is 2.29. The summed E-state index contributed by atoms with van der Waals surface area (Å²) in [5.41, 5.74) is 7.63. The first kappa shape index (κ1) is 12.4. The Balaban J connectivity index is 2.10. The molecule has 2 heterocycles. The first-order valence-electron chi connectivity index (χ1n) is 5.75. The van der Waals surface area contributed by atoms with E-state index < -0.39 is 0 Å². The highest BCUT2D eigenvalue weighted by molar-refractivity contribution is 8.00. The largest absolute Gasteiger partial charge is 0.379 e. The molecule has 16 heavy (non-hydrogen) atoms. The summed E-state index contributed by atoms with van der Waals surface area (Å²) in [5, 5.41) is 3.25. The minimum absolute atomic E-state index is 0.253. The molecule has 2 atom stereocenters. The van der Waals surface area contributed by atoms with Gasteiger partial charge in [-0.2, -0.15) is 0 Å². The van der Waals surface area contributed by atoms with E-state index in [0.717, 1.165) is 19.6 Å². The predicted octanol–water partition coefficient (Wildman–Crippen LogP) is 2.97. The number of thioether (sulfide) groups is 1. The summed E-state index contributed by atoms with van der Waals surface area (Å²) in [6.45, 7) is 6.13. The van der Waals surface area contributed by atoms with Gasteiger partial charge in [-0.3, -0.25) is 0 Å². The van der Waals surface area contributed by atoms with Gasteiger partial charge in [0.1, 0.15) is 0 Å². The van der Waals surface area contributed by atoms with E-state index in [2.05, 4.69) is 25.3 Å². The van der Waals surface area contributed by atoms with Gasteiger partial charge in [0.15, 0.2) is 0 Å². The van der Waals surface area contributed by atoms with Gasteiger partial charge >= 0.3 is 0 Å². The molecule has 1 aromatic rings. The van der Waals surface area contributed by atoms with Gasteiger partial charge < -0.3 is 10.5 Å². The van der Waals surface area contributed by atoms with Crippen molar-refractivity contribution < 1.29 is 4.74 Å². The van der Waals surface area contributed by atoms with Crippen LogP contribution >= 0.6 is 23.1 Å². The van der Waals surface area contributed by atoms with Gasteiger partial charge in [0.25, 0.3) is 0 Å². The van der Waals surface area contributed by atoms with Crippen LogP contribution in [0.4, 0.5) is 0 Å². The zero-order chi connectivity index (χ0) is 11.5. The molecule has 90 valence electrons. The fraction of sp³-hybridized carbons (Fsp3) is 0.667. The van der Waals surface area contributed by atoms with E-state index in [1.54, 1.807) is 0 Å². The molecule has 0 aromatic carbocycles. The minimum Gasteiger partial charge on any atom is -0.379 e. The summed E-state index contributed by atoms with van der Waals surface area (Å²) in [7, 11) is 0. The Bertz CT molecular complexity index is 336. The minimum atomic E-state index is 0.253. The van der Waals surface area contributed by atoms with Crippen LogP contribution in [0.5, 0.6) is 0 Å². The average Bonchev–Trinajstić information content (AvgIpc) is 2.62. The van der Waals surface area contributed by atoms with Crippen molar-refractivity contribution >= 4 is 23.1 Å². The van der Waals surface area contributed by atoms with Crippen molar-refractivity contribution in [2.45, 2.75) is 36.8 Å². The third-order valence-electron chi connectivity index (χ3n) is 2.97. The number of rotatable bonds is 5. The maximum Gasteiger partial charge on any atom is 0.0608 e. The number of hydrogen-bond donors (Lipinski definition) is 1. The standard InChI is InChI=1S/C12H19NOS2/c1-3-10(13)12(16-9-6-14-7-9)11-8(2)4-5-15-11/h4-5,9-10,12H,3,6-7,13H2,1-2H3. The maximum atomic E-state index is 6.25. The molecule has 0 spiro atoms. The lowest BCUT2D eigenvalue weighted by Crippen LogP contribution is -2.34. The zero-order valence-corrected chi connectivity index (χ0v) is 11.4. The molecule has 2 N–H and O–H groups in total. The van der Waals surface area contributed by atoms with Gasteiger partial charge in [-0.1, -0.05) is 6.92 Å². The molecule has 1 aliphatic rings. The molecular formula is C12H19NOS2. The first-order chi connectivity index (χ1) is 7.72. The number of aryl methyl sites for hydroxylation is 1. The SMILES string of the molecule is CCC(N)C(SC1COC1)c1sccc1C. The van der Waals surface area contributed by atoms with Crippen molar-refractivity contribution in [3.05, 3.63) is 21.9 Å². The van der Waals surface area contributed by atoms with E-state index >= 15 is 0 Å². The summed E-state index contributed by atoms with van der Waals surface area (Å²) in [6, 6.07) is 2.44. The Hall–Kier alpha value is -0.0300. The van der Waals surface area contributed by atoms with Crippen LogP contribution < -0.4 is 5.73 Å². The van der Waals surface area contributed by atoms with Crippen LogP contribution in [0.1, 0.15) is 29.0 Å². The Morgan fingerprint density at radius 1 is 1.62 bits per heavy atom. The Morgan fingerprint density at radius 2 is 2.38 bits per heavy atom. The molecule has 1 fully saturated rings. The van der Waals surface area contributed by atoms with Crippen LogP contribution in [0, 0.1) is 6.92 Å². The van der Waals surface area contributed by atoms with Gasteiger partial charge in [-0.15, -0.1) is 23.1 Å². The Kier molecular flexibility index (Phi) is 4.30. The van der Waals surface area contributed by atoms with Crippen molar-refractivity contribution in [2.24, 2.45) is 5.73 Å². The molecule has 1 aliphatic heterocycles. The topological polar surface area (TPSA) is 35.2 Å². The van der Waals surface area contributed by atoms with E-state index in [0.29, 0.717) is 10.5 Å². The fourth-order valence-electron chi connectivity index (χ4n) is 1.75. The summed E-state index contributed by atoms with van der Waals surface area (Å²) >= 11 is 3.83. The highest BCUT2D eigenvalue weighted by Crippen LogP contribution is 2.41. The summed E-state index contributed by atoms with van der Waals surface area (Å²) in [4.78, 5) is 1.45. The molecule has 1 aromatic heterocycles. The third kappa shape index (κ3) is 2.62. The van der Waals surface area contributed by atoms with Crippen LogP contribution in [0.3, 0.4) is 0 Å². The molecule has 0 bridgehead atoms. The second-order valence-corrected chi connectivity index (χ2v) is 6.65. The molecule has 0 aliphatic carbocycles. The number of thiophene rings is 1. The monoisotopic (exact) mass is 257 g/mol. The lowest BCUT2D eigenvalue weighted by molar-refractivity contribution is 0.0452. The predicted molar refractivity (Wildman–Crippen MR) is 72.3 cm³/mol. The highest BCUT2D eigenvalue weighted by atomic mass is 32.2. The number of nitrogens with two attached hydrogens (primary N) is 1. The van der Waals surface area contributed by atoms with Gasteiger partial charge in [-0.25, -0.2) is 0 Å². The maximum absolute atomic E-state index is 6.25. The normalized spacial score (nSPS) is 20.4. The summed E-state index contributed by atoms with van der Waals surface area (Å²) < 4.78 is 5.24. The van der Waals surface area contributed by atoms with Crippen molar-refractivity contribution in [2.75, 3.05) is 13.2 Å². The van der Waals surface area contributed by atoms with Crippen LogP contribution in [0.15, 0.2) is 11.4 Å². The molecule has 2 rings (SSSR count). The molecule has 4 heteroatoms. The fourth-order valence-corrected chi connectivity index (χ4v) is 4.53. The number of ether oxygens (including phenoxy) is 1. The van der Waals surface area contributed by atoms with Crippen molar-refractivity contribution in [3.63, 3.8) is 0 Å². The van der Waals surface area contributed by atoms with E-state index in [1.165, 1.54) is 10.4 Å². The molecule has 0 radical (unpaired) electrons. The first-order valence-corrected chi connectivity index (χ1v) is 7.57. The Labute approximate surface area is 106 Å². The quantitative estimate of drug-likeness (QED) is 0.881. The molecule has 0 amide bonds. The molecule has 2 nitrogen and oxygen atoms in total. The van der Waals surface area contributed by atoms with Gasteiger partial charge in [0, 0.05) is 10.9 Å². The molecule has 1 saturated heterocycles. The van der Waals surface area contributed by atoms with Crippen LogP contribution in [-0.4, -0.2) is 24.5 Å². The lowest BCUT2D eigenvalue weighted by Gasteiger charge is -2.31. The summed E-state index contributed by atoms with van der Waals surface area (Å²) in [5.74, 6) is 0. The molecular weight excluding hydrogens is 238 g/mol. The van der Waals surface area contributed by atoms with Crippen LogP contribution in [0.2, 0.25) is 0 Å². The van der Waals surface area contributed by atoms with E-state index in [-0.39, 0.29) is 6.04 Å². The van der Waals surface area contributed by atoms with Crippen LogP contribution in [-0.2, 0) is 4.74 Å². The lowest BCUT2D eigenvalue weighted by atomic mass is 10.1. The number of hydrogen-bond acceptors (Lipinski definition) is 4. The van der Waals surface area contributed by atoms with E-state index in [1.807, 2.05) is 23.1 Å². The van der Waals surface area contributed by atoms with Crippen molar-refractivity contribution in [1.29, 1.82) is 0 Å². The van der Waals surface area contributed by atoms with E-state index in [4.69, 9.17) is 10.5 Å². The summed E-state index contributed by atoms with van der Waals surface area (Å²) in [6.07, 6.45) is 1.03. The van der Waals surface area contributed by atoms with Gasteiger partial charge in [-0.05, 0) is 30.4 Å². The third-order valence-corrected chi connectivity index (χ3v) is 5.75. The van der Waals surface area contributed by atoms with Crippen molar-refractivity contribution in [3.8, 4) is 0 Å². The second kappa shape index (κ2) is 5.54. The van der Waals surface area contributed by atoms with Gasteiger partial charge in [0.2, 0.25) is 0 Å². The smallest absolute Gasteiger partial charge is 0.0608 e. The zero-order valence-electron chi connectivity index (χ0n) is 9.81. The Morgan fingerprint density at radius 3 is 2.81 bits per heavy atom. The second-order valence-electron chi connectivity index (χ2n) is 4.26. The molecule has 2 unspecified atom stereocenters. The van der Waals surface area contributed by atoms with E-state index in [9.17, 15) is 0 Å². The van der Waals surface area contributed by atoms with Crippen molar-refractivity contribution in [1.82, 2.24) is 0 Å². The van der Waals surface area contributed by atoms with Gasteiger partial charge in [0.05, 0.1) is 23.7 Å². The van der Waals surface area contributed by atoms with Crippen LogP contribution in [0.25, 0.3) is 0 Å². The average molecular weight is 257 g/mol.